The highest BCUT2D eigenvalue weighted by Crippen LogP contribution is 2.38. The van der Waals surface area contributed by atoms with Gasteiger partial charge in [0, 0.05) is 30.8 Å². The lowest BCUT2D eigenvalue weighted by molar-refractivity contribution is -0.178. The van der Waals surface area contributed by atoms with Crippen LogP contribution in [0.4, 0.5) is 10.8 Å². The van der Waals surface area contributed by atoms with Crippen molar-refractivity contribution in [2.45, 2.75) is 46.0 Å². The number of ether oxygens (including phenoxy) is 2. The van der Waals surface area contributed by atoms with Crippen molar-refractivity contribution >= 4 is 32.2 Å². The fourth-order valence-corrected chi connectivity index (χ4v) is 4.63. The molecule has 1 atom stereocenters. The van der Waals surface area contributed by atoms with Gasteiger partial charge in [-0.2, -0.15) is 4.98 Å². The normalized spacial score (nSPS) is 21.1. The Hall–Kier alpha value is -2.19. The molecule has 1 aromatic carbocycles. The Kier molecular flexibility index (Phi) is 5.39. The Morgan fingerprint density at radius 2 is 2.15 bits per heavy atom. The lowest BCUT2D eigenvalue weighted by Gasteiger charge is -2.38. The molecule has 2 aliphatic heterocycles. The number of benzene rings is 1. The fraction of sp³-hybridized carbons (Fsp3) is 0.556. The first-order valence-electron chi connectivity index (χ1n) is 8.57. The third kappa shape index (κ3) is 3.64. The number of azide groups is 1. The van der Waals surface area contributed by atoms with Crippen LogP contribution in [-0.2, 0) is 9.47 Å². The van der Waals surface area contributed by atoms with Crippen molar-refractivity contribution in [3.63, 3.8) is 0 Å². The topological polar surface area (TPSA) is 100 Å². The van der Waals surface area contributed by atoms with E-state index in [1.807, 2.05) is 13.8 Å². The Labute approximate surface area is 161 Å². The molecule has 8 nitrogen and oxygen atoms in total. The van der Waals surface area contributed by atoms with Gasteiger partial charge in [0.1, 0.15) is 0 Å². The quantitative estimate of drug-likeness (QED) is 0.434. The van der Waals surface area contributed by atoms with Crippen molar-refractivity contribution in [2.24, 2.45) is 5.11 Å². The summed E-state index contributed by atoms with van der Waals surface area (Å²) in [5.41, 5.74) is 9.87. The van der Waals surface area contributed by atoms with Crippen LogP contribution in [0.5, 0.6) is 0 Å². The van der Waals surface area contributed by atoms with E-state index in [2.05, 4.69) is 19.9 Å². The summed E-state index contributed by atoms with van der Waals surface area (Å²) in [7, 11) is 0. The number of rotatable bonds is 2. The van der Waals surface area contributed by atoms with Gasteiger partial charge in [0.15, 0.2) is 10.9 Å². The summed E-state index contributed by atoms with van der Waals surface area (Å²) in [6.45, 7) is 5.89. The van der Waals surface area contributed by atoms with Crippen LogP contribution in [-0.4, -0.2) is 36.6 Å². The van der Waals surface area contributed by atoms with E-state index in [9.17, 15) is 4.79 Å². The minimum absolute atomic E-state index is 0. The number of aryl methyl sites for hydroxylation is 1. The molecule has 0 amide bonds. The maximum atomic E-state index is 12.5. The Morgan fingerprint density at radius 3 is 2.78 bits per heavy atom. The van der Waals surface area contributed by atoms with Crippen LogP contribution in [0.1, 0.15) is 32.8 Å². The summed E-state index contributed by atoms with van der Waals surface area (Å²) in [5.74, 6) is -0.495. The molecule has 1 spiro atoms. The van der Waals surface area contributed by atoms with Gasteiger partial charge in [-0.3, -0.25) is 4.79 Å². The lowest BCUT2D eigenvalue weighted by Crippen LogP contribution is -2.45. The third-order valence-corrected chi connectivity index (χ3v) is 5.95. The van der Waals surface area contributed by atoms with Crippen molar-refractivity contribution < 1.29 is 9.47 Å². The van der Waals surface area contributed by atoms with Crippen LogP contribution in [0, 0.1) is 6.92 Å². The predicted molar refractivity (Wildman–Crippen MR) is 107 cm³/mol. The molecule has 2 aliphatic rings. The van der Waals surface area contributed by atoms with Crippen molar-refractivity contribution in [1.82, 2.24) is 4.98 Å². The van der Waals surface area contributed by atoms with Gasteiger partial charge in [-0.1, -0.05) is 23.9 Å². The molecule has 2 aromatic rings. The highest BCUT2D eigenvalue weighted by molar-refractivity contribution is 7.22. The molecule has 3 heterocycles. The van der Waals surface area contributed by atoms with Gasteiger partial charge in [0.2, 0.25) is 0 Å². The first-order chi connectivity index (χ1) is 12.5. The second kappa shape index (κ2) is 7.44. The van der Waals surface area contributed by atoms with Gasteiger partial charge < -0.3 is 14.4 Å². The zero-order chi connectivity index (χ0) is 18.3. The number of hydrogen-bond donors (Lipinski definition) is 0. The van der Waals surface area contributed by atoms with Crippen molar-refractivity contribution in [3.05, 3.63) is 38.5 Å². The Morgan fingerprint density at radius 1 is 1.41 bits per heavy atom. The molecule has 144 valence electrons. The molecule has 9 heteroatoms. The molecule has 2 saturated heterocycles. The SMILES string of the molecule is C.Cc1cc(N=[N+]=[N-])c2sc(N3CCC4(CC3)OC[C@H](C)O4)nc(=O)c2c1. The van der Waals surface area contributed by atoms with Crippen LogP contribution in [0.3, 0.4) is 0 Å². The molecule has 0 saturated carbocycles. The fourth-order valence-electron chi connectivity index (χ4n) is 3.54. The number of nitrogens with zero attached hydrogens (tertiary/aromatic N) is 5. The standard InChI is InChI=1S/C17H19N5O3S.CH4/c1-10-7-12-14(13(8-10)20-21-18)26-16(19-15(12)23)22-5-3-17(4-6-22)24-9-11(2)25-17;/h7-8,11H,3-6,9H2,1-2H3;1H4/t11-;/m0./s1. The largest absolute Gasteiger partial charge is 0.348 e. The molecule has 1 aromatic heterocycles. The maximum absolute atomic E-state index is 12.5. The highest BCUT2D eigenvalue weighted by atomic mass is 32.1. The van der Waals surface area contributed by atoms with Crippen LogP contribution < -0.4 is 10.5 Å². The molecular weight excluding hydrogens is 366 g/mol. The maximum Gasteiger partial charge on any atom is 0.281 e. The van der Waals surface area contributed by atoms with E-state index in [0.717, 1.165) is 18.4 Å². The van der Waals surface area contributed by atoms with Gasteiger partial charge in [-0.15, -0.1) is 0 Å². The zero-order valence-corrected chi connectivity index (χ0v) is 15.5. The Balaban J connectivity index is 0.00000210. The summed E-state index contributed by atoms with van der Waals surface area (Å²) in [6, 6.07) is 3.57. The van der Waals surface area contributed by atoms with Gasteiger partial charge in [0.05, 0.1) is 28.5 Å². The number of fused-ring (bicyclic) bond motifs is 1. The van der Waals surface area contributed by atoms with E-state index in [0.29, 0.717) is 40.6 Å². The van der Waals surface area contributed by atoms with Crippen LogP contribution >= 0.6 is 11.3 Å². The van der Waals surface area contributed by atoms with E-state index < -0.39 is 5.79 Å². The predicted octanol–water partition coefficient (Wildman–Crippen LogP) is 4.27. The smallest absolute Gasteiger partial charge is 0.281 e. The summed E-state index contributed by atoms with van der Waals surface area (Å²) < 4.78 is 12.5. The van der Waals surface area contributed by atoms with Crippen molar-refractivity contribution in [2.75, 3.05) is 24.6 Å². The molecule has 0 N–H and O–H groups in total. The van der Waals surface area contributed by atoms with Crippen LogP contribution in [0.2, 0.25) is 0 Å². The Bertz CT molecular complexity index is 961. The molecular formula is C18H23N5O3S. The van der Waals surface area contributed by atoms with E-state index in [4.69, 9.17) is 15.0 Å². The molecule has 0 radical (unpaired) electrons. The van der Waals surface area contributed by atoms with E-state index in [1.54, 1.807) is 12.1 Å². The van der Waals surface area contributed by atoms with Crippen molar-refractivity contribution in [3.8, 4) is 0 Å². The van der Waals surface area contributed by atoms with E-state index in [1.165, 1.54) is 11.3 Å². The summed E-state index contributed by atoms with van der Waals surface area (Å²) in [6.07, 6.45) is 1.58. The van der Waals surface area contributed by atoms with Crippen LogP contribution in [0.15, 0.2) is 22.0 Å². The number of anilines is 1. The second-order valence-electron chi connectivity index (χ2n) is 6.79. The van der Waals surface area contributed by atoms with Gasteiger partial charge in [0.25, 0.3) is 5.56 Å². The summed E-state index contributed by atoms with van der Waals surface area (Å²) in [4.78, 5) is 21.8. The molecule has 0 unspecified atom stereocenters. The third-order valence-electron chi connectivity index (χ3n) is 4.78. The van der Waals surface area contributed by atoms with E-state index >= 15 is 0 Å². The second-order valence-corrected chi connectivity index (χ2v) is 7.77. The zero-order valence-electron chi connectivity index (χ0n) is 14.6. The summed E-state index contributed by atoms with van der Waals surface area (Å²) >= 11 is 1.38. The lowest BCUT2D eigenvalue weighted by atomic mass is 10.0. The average Bonchev–Trinajstić information content (AvgIpc) is 2.97. The highest BCUT2D eigenvalue weighted by Gasteiger charge is 2.42. The first kappa shape index (κ1) is 19.6. The number of aromatic nitrogens is 1. The average molecular weight is 389 g/mol. The van der Waals surface area contributed by atoms with Gasteiger partial charge in [-0.25, -0.2) is 0 Å². The van der Waals surface area contributed by atoms with Gasteiger partial charge in [-0.05, 0) is 37.1 Å². The number of hydrogen-bond acceptors (Lipinski definition) is 7. The molecule has 0 bridgehead atoms. The molecule has 4 rings (SSSR count). The van der Waals surface area contributed by atoms with Gasteiger partial charge >= 0.3 is 0 Å². The first-order valence-corrected chi connectivity index (χ1v) is 9.39. The minimum atomic E-state index is -0.495. The van der Waals surface area contributed by atoms with Crippen molar-refractivity contribution in [1.29, 1.82) is 0 Å². The minimum Gasteiger partial charge on any atom is -0.348 e. The molecule has 0 aliphatic carbocycles. The number of piperidine rings is 1. The monoisotopic (exact) mass is 389 g/mol. The van der Waals surface area contributed by atoms with E-state index in [-0.39, 0.29) is 19.1 Å². The summed E-state index contributed by atoms with van der Waals surface area (Å²) in [5, 5.41) is 4.89. The molecule has 27 heavy (non-hydrogen) atoms. The van der Waals surface area contributed by atoms with Crippen LogP contribution in [0.25, 0.3) is 20.5 Å². The molecule has 2 fully saturated rings.